The molecule has 1 atom stereocenters. The second-order valence-electron chi connectivity index (χ2n) is 3.62. The monoisotopic (exact) mass is 211 g/mol. The normalized spacial score (nSPS) is 13.0. The number of rotatable bonds is 7. The minimum Gasteiger partial charge on any atom is -0.469 e. The van der Waals surface area contributed by atoms with E-state index < -0.39 is 0 Å². The van der Waals surface area contributed by atoms with Gasteiger partial charge in [0.15, 0.2) is 0 Å². The van der Waals surface area contributed by atoms with Gasteiger partial charge in [-0.15, -0.1) is 0 Å². The topological polar surface area (TPSA) is 34.4 Å². The van der Waals surface area contributed by atoms with Crippen LogP contribution in [0, 0.1) is 6.92 Å². The van der Waals surface area contributed by atoms with E-state index in [2.05, 4.69) is 19.2 Å². The first-order chi connectivity index (χ1) is 7.29. The lowest BCUT2D eigenvalue weighted by molar-refractivity contribution is 0.112. The Morgan fingerprint density at radius 3 is 2.80 bits per heavy atom. The van der Waals surface area contributed by atoms with Crippen LogP contribution in [0.25, 0.3) is 0 Å². The van der Waals surface area contributed by atoms with Crippen LogP contribution in [-0.4, -0.2) is 19.8 Å². The predicted octanol–water partition coefficient (Wildman–Crippen LogP) is 2.67. The summed E-state index contributed by atoms with van der Waals surface area (Å²) >= 11 is 0. The third-order valence-electron chi connectivity index (χ3n) is 2.36. The van der Waals surface area contributed by atoms with Crippen LogP contribution in [0.2, 0.25) is 0 Å². The van der Waals surface area contributed by atoms with Crippen LogP contribution in [0.15, 0.2) is 16.7 Å². The summed E-state index contributed by atoms with van der Waals surface area (Å²) in [6.07, 6.45) is 2.79. The summed E-state index contributed by atoms with van der Waals surface area (Å²) in [7, 11) is 0. The highest BCUT2D eigenvalue weighted by atomic mass is 16.5. The molecule has 0 bridgehead atoms. The Morgan fingerprint density at radius 1 is 1.47 bits per heavy atom. The number of ether oxygens (including phenoxy) is 1. The van der Waals surface area contributed by atoms with Crippen LogP contribution in [-0.2, 0) is 4.74 Å². The summed E-state index contributed by atoms with van der Waals surface area (Å²) in [6.45, 7) is 8.67. The van der Waals surface area contributed by atoms with E-state index in [1.165, 1.54) is 5.56 Å². The Bertz CT molecular complexity index is 270. The van der Waals surface area contributed by atoms with E-state index in [9.17, 15) is 0 Å². The molecule has 1 rings (SSSR count). The van der Waals surface area contributed by atoms with Gasteiger partial charge in [-0.1, -0.05) is 13.8 Å². The smallest absolute Gasteiger partial charge is 0.105 e. The fraction of sp³-hybridized carbons (Fsp3) is 0.667. The first-order valence-electron chi connectivity index (χ1n) is 5.64. The zero-order chi connectivity index (χ0) is 11.1. The molecule has 0 aliphatic heterocycles. The van der Waals surface area contributed by atoms with Crippen molar-refractivity contribution in [3.05, 3.63) is 23.7 Å². The second kappa shape index (κ2) is 6.64. The molecule has 1 aromatic heterocycles. The summed E-state index contributed by atoms with van der Waals surface area (Å²) in [4.78, 5) is 0. The number of nitrogens with one attached hydrogen (secondary N) is 1. The molecule has 1 aromatic rings. The molecule has 0 spiro atoms. The lowest BCUT2D eigenvalue weighted by atomic mass is 10.1. The van der Waals surface area contributed by atoms with E-state index in [-0.39, 0.29) is 6.04 Å². The van der Waals surface area contributed by atoms with E-state index in [1.54, 1.807) is 6.26 Å². The first kappa shape index (κ1) is 12.3. The minimum atomic E-state index is 0.250. The van der Waals surface area contributed by atoms with Gasteiger partial charge < -0.3 is 14.5 Å². The summed E-state index contributed by atoms with van der Waals surface area (Å²) in [5.74, 6) is 0.973. The number of likely N-dealkylation sites (N-methyl/N-ethyl adjacent to an activating group) is 1. The average Bonchev–Trinajstić information content (AvgIpc) is 2.64. The summed E-state index contributed by atoms with van der Waals surface area (Å²) in [6, 6.07) is 2.26. The van der Waals surface area contributed by atoms with Crippen molar-refractivity contribution in [2.24, 2.45) is 0 Å². The molecule has 0 aliphatic rings. The van der Waals surface area contributed by atoms with Gasteiger partial charge in [0.25, 0.3) is 0 Å². The highest BCUT2D eigenvalue weighted by Gasteiger charge is 2.14. The van der Waals surface area contributed by atoms with Gasteiger partial charge in [0.05, 0.1) is 18.9 Å². The SMILES string of the molecule is CCCOCC(NCC)c1ccoc1C. The Balaban J connectivity index is 2.53. The van der Waals surface area contributed by atoms with E-state index >= 15 is 0 Å². The van der Waals surface area contributed by atoms with Gasteiger partial charge in [-0.3, -0.25) is 0 Å². The zero-order valence-electron chi connectivity index (χ0n) is 9.88. The minimum absolute atomic E-state index is 0.250. The standard InChI is InChI=1S/C12H21NO2/c1-4-7-14-9-12(13-5-2)11-6-8-15-10(11)3/h6,8,12-13H,4-5,7,9H2,1-3H3. The third-order valence-corrected chi connectivity index (χ3v) is 2.36. The average molecular weight is 211 g/mol. The lowest BCUT2D eigenvalue weighted by Gasteiger charge is -2.17. The molecule has 86 valence electrons. The zero-order valence-corrected chi connectivity index (χ0v) is 9.88. The molecular formula is C12H21NO2. The predicted molar refractivity (Wildman–Crippen MR) is 61.0 cm³/mol. The fourth-order valence-electron chi connectivity index (χ4n) is 1.61. The summed E-state index contributed by atoms with van der Waals surface area (Å²) in [5.41, 5.74) is 1.20. The van der Waals surface area contributed by atoms with Crippen LogP contribution >= 0.6 is 0 Å². The van der Waals surface area contributed by atoms with E-state index in [1.807, 2.05) is 13.0 Å². The van der Waals surface area contributed by atoms with E-state index in [0.717, 1.165) is 25.3 Å². The van der Waals surface area contributed by atoms with Gasteiger partial charge in [0.1, 0.15) is 5.76 Å². The van der Waals surface area contributed by atoms with Crippen LogP contribution in [0.4, 0.5) is 0 Å². The van der Waals surface area contributed by atoms with Gasteiger partial charge in [-0.25, -0.2) is 0 Å². The molecule has 1 N–H and O–H groups in total. The van der Waals surface area contributed by atoms with Crippen molar-refractivity contribution in [1.82, 2.24) is 5.32 Å². The highest BCUT2D eigenvalue weighted by Crippen LogP contribution is 2.18. The molecule has 0 aromatic carbocycles. The molecule has 0 radical (unpaired) electrons. The fourth-order valence-corrected chi connectivity index (χ4v) is 1.61. The number of furan rings is 1. The summed E-state index contributed by atoms with van der Waals surface area (Å²) in [5, 5.41) is 3.40. The number of hydrogen-bond donors (Lipinski definition) is 1. The van der Waals surface area contributed by atoms with Gasteiger partial charge in [-0.2, -0.15) is 0 Å². The molecule has 0 aliphatic carbocycles. The quantitative estimate of drug-likeness (QED) is 0.704. The lowest BCUT2D eigenvalue weighted by Crippen LogP contribution is -2.25. The molecule has 1 heterocycles. The van der Waals surface area contributed by atoms with Crippen molar-refractivity contribution < 1.29 is 9.15 Å². The van der Waals surface area contributed by atoms with Crippen LogP contribution in [0.5, 0.6) is 0 Å². The Labute approximate surface area is 91.8 Å². The molecular weight excluding hydrogens is 190 g/mol. The molecule has 0 saturated carbocycles. The Kier molecular flexibility index (Phi) is 5.43. The maximum Gasteiger partial charge on any atom is 0.105 e. The van der Waals surface area contributed by atoms with Gasteiger partial charge in [-0.05, 0) is 26.0 Å². The molecule has 3 heteroatoms. The second-order valence-corrected chi connectivity index (χ2v) is 3.62. The van der Waals surface area contributed by atoms with Crippen molar-refractivity contribution in [3.63, 3.8) is 0 Å². The van der Waals surface area contributed by atoms with Crippen molar-refractivity contribution in [1.29, 1.82) is 0 Å². The molecule has 0 fully saturated rings. The van der Waals surface area contributed by atoms with Crippen molar-refractivity contribution >= 4 is 0 Å². The van der Waals surface area contributed by atoms with Crippen LogP contribution in [0.3, 0.4) is 0 Å². The number of aryl methyl sites for hydroxylation is 1. The van der Waals surface area contributed by atoms with Crippen LogP contribution < -0.4 is 5.32 Å². The summed E-state index contributed by atoms with van der Waals surface area (Å²) < 4.78 is 10.9. The number of hydrogen-bond acceptors (Lipinski definition) is 3. The van der Waals surface area contributed by atoms with Gasteiger partial charge in [0, 0.05) is 12.2 Å². The molecule has 15 heavy (non-hydrogen) atoms. The van der Waals surface area contributed by atoms with Crippen molar-refractivity contribution in [3.8, 4) is 0 Å². The van der Waals surface area contributed by atoms with Gasteiger partial charge >= 0.3 is 0 Å². The maximum absolute atomic E-state index is 5.57. The molecule has 0 amide bonds. The Hall–Kier alpha value is -0.800. The molecule has 3 nitrogen and oxygen atoms in total. The van der Waals surface area contributed by atoms with E-state index in [4.69, 9.17) is 9.15 Å². The van der Waals surface area contributed by atoms with Crippen molar-refractivity contribution in [2.75, 3.05) is 19.8 Å². The maximum atomic E-state index is 5.57. The van der Waals surface area contributed by atoms with Gasteiger partial charge in [0.2, 0.25) is 0 Å². The highest BCUT2D eigenvalue weighted by molar-refractivity contribution is 5.20. The first-order valence-corrected chi connectivity index (χ1v) is 5.64. The van der Waals surface area contributed by atoms with E-state index in [0.29, 0.717) is 6.61 Å². The third kappa shape index (κ3) is 3.68. The van der Waals surface area contributed by atoms with Crippen LogP contribution in [0.1, 0.15) is 37.6 Å². The van der Waals surface area contributed by atoms with Crippen molar-refractivity contribution in [2.45, 2.75) is 33.2 Å². The largest absolute Gasteiger partial charge is 0.469 e. The molecule has 1 unspecified atom stereocenters. The Morgan fingerprint density at radius 2 is 2.27 bits per heavy atom. The molecule has 0 saturated heterocycles.